The number of carbonyl (C=O) groups is 1. The van der Waals surface area contributed by atoms with Gasteiger partial charge in [0, 0.05) is 6.54 Å². The second-order valence-electron chi connectivity index (χ2n) is 4.65. The molecular formula is C10H17F2NO3. The van der Waals surface area contributed by atoms with Crippen molar-refractivity contribution >= 4 is 6.09 Å². The lowest BCUT2D eigenvalue weighted by atomic mass is 10.2. The van der Waals surface area contributed by atoms with Gasteiger partial charge in [-0.25, -0.2) is 13.6 Å². The third kappa shape index (κ3) is 3.59. The van der Waals surface area contributed by atoms with Gasteiger partial charge in [-0.3, -0.25) is 4.90 Å². The summed E-state index contributed by atoms with van der Waals surface area (Å²) >= 11 is 0. The second kappa shape index (κ2) is 4.95. The van der Waals surface area contributed by atoms with Crippen molar-refractivity contribution in [2.24, 2.45) is 0 Å². The van der Waals surface area contributed by atoms with Gasteiger partial charge in [-0.15, -0.1) is 0 Å². The lowest BCUT2D eigenvalue weighted by Gasteiger charge is -2.35. The predicted octanol–water partition coefficient (Wildman–Crippen LogP) is 1.89. The molecule has 0 N–H and O–H groups in total. The molecule has 0 bridgehead atoms. The maximum Gasteiger partial charge on any atom is 0.410 e. The number of hydrogen-bond acceptors (Lipinski definition) is 3. The molecule has 1 fully saturated rings. The fourth-order valence-corrected chi connectivity index (χ4v) is 1.38. The van der Waals surface area contributed by atoms with E-state index < -0.39 is 24.2 Å². The van der Waals surface area contributed by atoms with Crippen LogP contribution in [-0.2, 0) is 9.47 Å². The van der Waals surface area contributed by atoms with Gasteiger partial charge in [-0.1, -0.05) is 0 Å². The minimum atomic E-state index is -2.62. The highest BCUT2D eigenvalue weighted by atomic mass is 19.3. The van der Waals surface area contributed by atoms with Crippen LogP contribution >= 0.6 is 0 Å². The quantitative estimate of drug-likeness (QED) is 0.699. The fourth-order valence-electron chi connectivity index (χ4n) is 1.38. The molecular weight excluding hydrogens is 220 g/mol. The Morgan fingerprint density at radius 3 is 2.62 bits per heavy atom. The third-order valence-corrected chi connectivity index (χ3v) is 2.08. The molecule has 1 aliphatic heterocycles. The number of hydrogen-bond donors (Lipinski definition) is 0. The zero-order valence-corrected chi connectivity index (χ0v) is 9.70. The molecule has 0 radical (unpaired) electrons. The van der Waals surface area contributed by atoms with Crippen LogP contribution in [0.25, 0.3) is 0 Å². The van der Waals surface area contributed by atoms with Crippen molar-refractivity contribution in [2.45, 2.75) is 38.8 Å². The molecule has 0 saturated carbocycles. The van der Waals surface area contributed by atoms with Crippen molar-refractivity contribution in [3.05, 3.63) is 0 Å². The lowest BCUT2D eigenvalue weighted by Crippen LogP contribution is -2.53. The highest BCUT2D eigenvalue weighted by Gasteiger charge is 2.36. The molecule has 6 heteroatoms. The zero-order chi connectivity index (χ0) is 12.3. The predicted molar refractivity (Wildman–Crippen MR) is 53.6 cm³/mol. The zero-order valence-electron chi connectivity index (χ0n) is 9.70. The number of rotatable bonds is 1. The maximum atomic E-state index is 12.6. The summed E-state index contributed by atoms with van der Waals surface area (Å²) in [5, 5.41) is 0. The second-order valence-corrected chi connectivity index (χ2v) is 4.65. The van der Waals surface area contributed by atoms with E-state index in [1.54, 1.807) is 20.8 Å². The average Bonchev–Trinajstić information content (AvgIpc) is 2.15. The van der Waals surface area contributed by atoms with Crippen LogP contribution in [0.2, 0.25) is 0 Å². The van der Waals surface area contributed by atoms with Crippen LogP contribution in [0.4, 0.5) is 13.6 Å². The number of morpholine rings is 1. The number of carbonyl (C=O) groups excluding carboxylic acids is 1. The Bertz CT molecular complexity index is 253. The van der Waals surface area contributed by atoms with Crippen molar-refractivity contribution in [3.8, 4) is 0 Å². The number of halogens is 2. The van der Waals surface area contributed by atoms with E-state index in [0.717, 1.165) is 4.90 Å². The first-order chi connectivity index (χ1) is 7.31. The molecule has 0 aromatic carbocycles. The van der Waals surface area contributed by atoms with E-state index in [1.165, 1.54) is 0 Å². The first kappa shape index (κ1) is 13.2. The summed E-state index contributed by atoms with van der Waals surface area (Å²) in [6, 6.07) is -1.21. The summed E-state index contributed by atoms with van der Waals surface area (Å²) in [6.07, 6.45) is -3.33. The standard InChI is InChI=1S/C10H17F2NO3/c1-10(2,3)16-9(14)13-4-5-15-6-7(13)8(11)12/h7-8H,4-6H2,1-3H3/t7-/m1/s1. The van der Waals surface area contributed by atoms with Gasteiger partial charge in [0.1, 0.15) is 11.6 Å². The van der Waals surface area contributed by atoms with Crippen LogP contribution in [0, 0.1) is 0 Å². The highest BCUT2D eigenvalue weighted by molar-refractivity contribution is 5.68. The topological polar surface area (TPSA) is 38.8 Å². The number of alkyl halides is 2. The Hall–Kier alpha value is -0.910. The van der Waals surface area contributed by atoms with Gasteiger partial charge in [0.15, 0.2) is 0 Å². The number of ether oxygens (including phenoxy) is 2. The first-order valence-electron chi connectivity index (χ1n) is 5.17. The molecule has 16 heavy (non-hydrogen) atoms. The normalized spacial score (nSPS) is 22.4. The molecule has 94 valence electrons. The smallest absolute Gasteiger partial charge is 0.410 e. The van der Waals surface area contributed by atoms with Crippen LogP contribution in [-0.4, -0.2) is 48.8 Å². The van der Waals surface area contributed by atoms with Crippen LogP contribution < -0.4 is 0 Å². The van der Waals surface area contributed by atoms with Gasteiger partial charge in [0.05, 0.1) is 13.2 Å². The van der Waals surface area contributed by atoms with Gasteiger partial charge in [0.25, 0.3) is 6.43 Å². The maximum absolute atomic E-state index is 12.6. The van der Waals surface area contributed by atoms with E-state index in [1.807, 2.05) is 0 Å². The fraction of sp³-hybridized carbons (Fsp3) is 0.900. The Labute approximate surface area is 93.5 Å². The molecule has 0 spiro atoms. The third-order valence-electron chi connectivity index (χ3n) is 2.08. The summed E-state index contributed by atoms with van der Waals surface area (Å²) in [5.74, 6) is 0. The van der Waals surface area contributed by atoms with E-state index in [0.29, 0.717) is 0 Å². The van der Waals surface area contributed by atoms with Crippen molar-refractivity contribution < 1.29 is 23.0 Å². The van der Waals surface area contributed by atoms with Gasteiger partial charge in [-0.05, 0) is 20.8 Å². The largest absolute Gasteiger partial charge is 0.444 e. The molecule has 1 saturated heterocycles. The Balaban J connectivity index is 2.64. The molecule has 0 aliphatic carbocycles. The summed E-state index contributed by atoms with van der Waals surface area (Å²) < 4.78 is 35.2. The number of amides is 1. The lowest BCUT2D eigenvalue weighted by molar-refractivity contribution is -0.0760. The molecule has 1 heterocycles. The van der Waals surface area contributed by atoms with Crippen LogP contribution in [0.1, 0.15) is 20.8 Å². The minimum absolute atomic E-state index is 0.142. The van der Waals surface area contributed by atoms with Gasteiger partial charge >= 0.3 is 6.09 Å². The Kier molecular flexibility index (Phi) is 4.07. The van der Waals surface area contributed by atoms with E-state index >= 15 is 0 Å². The minimum Gasteiger partial charge on any atom is -0.444 e. The molecule has 1 rings (SSSR count). The van der Waals surface area contributed by atoms with Crippen LogP contribution in [0.5, 0.6) is 0 Å². The van der Waals surface area contributed by atoms with Crippen molar-refractivity contribution in [2.75, 3.05) is 19.8 Å². The molecule has 0 unspecified atom stereocenters. The SMILES string of the molecule is CC(C)(C)OC(=O)N1CCOC[C@@H]1C(F)F. The Morgan fingerprint density at radius 2 is 2.12 bits per heavy atom. The van der Waals surface area contributed by atoms with Crippen molar-refractivity contribution in [1.82, 2.24) is 4.90 Å². The molecule has 1 amide bonds. The Morgan fingerprint density at radius 1 is 1.50 bits per heavy atom. The van der Waals surface area contributed by atoms with Gasteiger partial charge in [0.2, 0.25) is 0 Å². The molecule has 4 nitrogen and oxygen atoms in total. The van der Waals surface area contributed by atoms with E-state index in [4.69, 9.17) is 9.47 Å². The van der Waals surface area contributed by atoms with Crippen LogP contribution in [0.15, 0.2) is 0 Å². The van der Waals surface area contributed by atoms with E-state index in [9.17, 15) is 13.6 Å². The summed E-state index contributed by atoms with van der Waals surface area (Å²) in [6.45, 7) is 5.36. The van der Waals surface area contributed by atoms with E-state index in [-0.39, 0.29) is 19.8 Å². The first-order valence-corrected chi connectivity index (χ1v) is 5.17. The van der Waals surface area contributed by atoms with E-state index in [2.05, 4.69) is 0 Å². The summed E-state index contributed by atoms with van der Waals surface area (Å²) in [5.41, 5.74) is -0.679. The summed E-state index contributed by atoms with van der Waals surface area (Å²) in [7, 11) is 0. The average molecular weight is 237 g/mol. The number of nitrogens with zero attached hydrogens (tertiary/aromatic N) is 1. The van der Waals surface area contributed by atoms with Gasteiger partial charge < -0.3 is 9.47 Å². The molecule has 0 aromatic heterocycles. The van der Waals surface area contributed by atoms with Crippen molar-refractivity contribution in [3.63, 3.8) is 0 Å². The van der Waals surface area contributed by atoms with Gasteiger partial charge in [-0.2, -0.15) is 0 Å². The molecule has 1 aliphatic rings. The highest BCUT2D eigenvalue weighted by Crippen LogP contribution is 2.18. The monoisotopic (exact) mass is 237 g/mol. The summed E-state index contributed by atoms with van der Waals surface area (Å²) in [4.78, 5) is 12.7. The molecule has 0 aromatic rings. The molecule has 1 atom stereocenters. The van der Waals surface area contributed by atoms with Crippen LogP contribution in [0.3, 0.4) is 0 Å². The van der Waals surface area contributed by atoms with Crippen molar-refractivity contribution in [1.29, 1.82) is 0 Å².